The lowest BCUT2D eigenvalue weighted by atomic mass is 9.98. The fraction of sp³-hybridized carbons (Fsp3) is 0.538. The van der Waals surface area contributed by atoms with Gasteiger partial charge in [0.2, 0.25) is 5.95 Å². The predicted octanol–water partition coefficient (Wildman–Crippen LogP) is 0.626. The Kier molecular flexibility index (Phi) is 3.59. The summed E-state index contributed by atoms with van der Waals surface area (Å²) in [6, 6.07) is 0. The largest absolute Gasteiger partial charge is 0.475 e. The summed E-state index contributed by atoms with van der Waals surface area (Å²) in [5, 5.41) is 12.9. The van der Waals surface area contributed by atoms with E-state index in [4.69, 9.17) is 5.11 Å². The van der Waals surface area contributed by atoms with E-state index in [0.29, 0.717) is 11.9 Å². The Labute approximate surface area is 122 Å². The first-order valence-electron chi connectivity index (χ1n) is 6.98. The summed E-state index contributed by atoms with van der Waals surface area (Å²) in [5.74, 6) is -0.117. The molecule has 1 aliphatic rings. The van der Waals surface area contributed by atoms with Gasteiger partial charge in [0, 0.05) is 39.1 Å². The SMILES string of the molecule is Cn1nc(C(=O)O)nc1N1CCCC(Cn2ccnc2)C1. The lowest BCUT2D eigenvalue weighted by molar-refractivity contribution is 0.0683. The van der Waals surface area contributed by atoms with E-state index in [1.807, 2.05) is 12.5 Å². The van der Waals surface area contributed by atoms with Gasteiger partial charge in [-0.3, -0.25) is 0 Å². The second-order valence-electron chi connectivity index (χ2n) is 5.38. The molecule has 1 atom stereocenters. The first-order chi connectivity index (χ1) is 10.1. The van der Waals surface area contributed by atoms with Crippen molar-refractivity contribution in [3.63, 3.8) is 0 Å². The molecule has 2 aromatic heterocycles. The average molecular weight is 290 g/mol. The molecule has 3 heterocycles. The van der Waals surface area contributed by atoms with Crippen LogP contribution in [0.5, 0.6) is 0 Å². The third-order valence-corrected chi connectivity index (χ3v) is 3.76. The van der Waals surface area contributed by atoms with Crippen molar-refractivity contribution in [1.82, 2.24) is 24.3 Å². The first-order valence-corrected chi connectivity index (χ1v) is 6.98. The third kappa shape index (κ3) is 2.88. The number of carboxylic acids is 1. The highest BCUT2D eigenvalue weighted by Crippen LogP contribution is 2.22. The van der Waals surface area contributed by atoms with E-state index < -0.39 is 5.97 Å². The van der Waals surface area contributed by atoms with Gasteiger partial charge < -0.3 is 14.6 Å². The second-order valence-corrected chi connectivity index (χ2v) is 5.38. The van der Waals surface area contributed by atoms with Gasteiger partial charge in [-0.25, -0.2) is 14.5 Å². The normalized spacial score (nSPS) is 18.9. The first kappa shape index (κ1) is 13.6. The Balaban J connectivity index is 1.72. The maximum absolute atomic E-state index is 11.0. The number of hydrogen-bond donors (Lipinski definition) is 1. The van der Waals surface area contributed by atoms with Crippen molar-refractivity contribution < 1.29 is 9.90 Å². The lowest BCUT2D eigenvalue weighted by Gasteiger charge is -2.33. The number of hydrogen-bond acceptors (Lipinski definition) is 5. The molecule has 1 aliphatic heterocycles. The molecule has 1 saturated heterocycles. The Morgan fingerprint density at radius 3 is 3.05 bits per heavy atom. The number of aromatic nitrogens is 5. The van der Waals surface area contributed by atoms with E-state index in [-0.39, 0.29) is 5.82 Å². The molecule has 3 rings (SSSR count). The second kappa shape index (κ2) is 5.55. The smallest absolute Gasteiger partial charge is 0.375 e. The summed E-state index contributed by atoms with van der Waals surface area (Å²) >= 11 is 0. The topological polar surface area (TPSA) is 89.1 Å². The van der Waals surface area contributed by atoms with Crippen LogP contribution in [0.25, 0.3) is 0 Å². The van der Waals surface area contributed by atoms with Crippen LogP contribution >= 0.6 is 0 Å². The van der Waals surface area contributed by atoms with Gasteiger partial charge in [-0.15, -0.1) is 5.10 Å². The van der Waals surface area contributed by atoms with Crippen molar-refractivity contribution in [3.05, 3.63) is 24.5 Å². The van der Waals surface area contributed by atoms with Gasteiger partial charge in [0.05, 0.1) is 6.33 Å². The van der Waals surface area contributed by atoms with Crippen LogP contribution < -0.4 is 4.90 Å². The Morgan fingerprint density at radius 1 is 1.52 bits per heavy atom. The van der Waals surface area contributed by atoms with Crippen LogP contribution in [0.1, 0.15) is 23.5 Å². The van der Waals surface area contributed by atoms with Gasteiger partial charge in [0.25, 0.3) is 5.82 Å². The maximum Gasteiger partial charge on any atom is 0.375 e. The van der Waals surface area contributed by atoms with Crippen molar-refractivity contribution in [2.45, 2.75) is 19.4 Å². The van der Waals surface area contributed by atoms with Crippen molar-refractivity contribution >= 4 is 11.9 Å². The highest BCUT2D eigenvalue weighted by molar-refractivity contribution is 5.83. The highest BCUT2D eigenvalue weighted by Gasteiger charge is 2.25. The molecule has 8 nitrogen and oxygen atoms in total. The van der Waals surface area contributed by atoms with Crippen molar-refractivity contribution in [3.8, 4) is 0 Å². The highest BCUT2D eigenvalue weighted by atomic mass is 16.4. The molecule has 0 amide bonds. The summed E-state index contributed by atoms with van der Waals surface area (Å²) in [4.78, 5) is 21.3. The molecule has 0 bridgehead atoms. The monoisotopic (exact) mass is 290 g/mol. The lowest BCUT2D eigenvalue weighted by Crippen LogP contribution is -2.38. The van der Waals surface area contributed by atoms with Gasteiger partial charge in [-0.05, 0) is 18.8 Å². The molecule has 21 heavy (non-hydrogen) atoms. The number of nitrogens with zero attached hydrogens (tertiary/aromatic N) is 6. The number of rotatable bonds is 4. The number of carboxylic acid groups (broad SMARTS) is 1. The average Bonchev–Trinajstić information content (AvgIpc) is 3.08. The molecule has 2 aromatic rings. The number of anilines is 1. The number of aryl methyl sites for hydroxylation is 1. The van der Waals surface area contributed by atoms with E-state index >= 15 is 0 Å². The summed E-state index contributed by atoms with van der Waals surface area (Å²) in [6.07, 6.45) is 7.78. The Hall–Kier alpha value is -2.38. The van der Waals surface area contributed by atoms with Crippen LogP contribution in [0.2, 0.25) is 0 Å². The fourth-order valence-corrected chi connectivity index (χ4v) is 2.83. The van der Waals surface area contributed by atoms with Crippen LogP contribution in [0.15, 0.2) is 18.7 Å². The fourth-order valence-electron chi connectivity index (χ4n) is 2.83. The molecule has 112 valence electrons. The minimum Gasteiger partial charge on any atom is -0.475 e. The Morgan fingerprint density at radius 2 is 2.38 bits per heavy atom. The van der Waals surface area contributed by atoms with Crippen LogP contribution in [0, 0.1) is 5.92 Å². The van der Waals surface area contributed by atoms with Crippen molar-refractivity contribution in [1.29, 1.82) is 0 Å². The number of carbonyl (C=O) groups is 1. The predicted molar refractivity (Wildman–Crippen MR) is 75.1 cm³/mol. The van der Waals surface area contributed by atoms with E-state index in [9.17, 15) is 4.79 Å². The summed E-state index contributed by atoms with van der Waals surface area (Å²) in [6.45, 7) is 2.65. The molecule has 0 aromatic carbocycles. The van der Waals surface area contributed by atoms with Crippen LogP contribution in [-0.4, -0.2) is 48.5 Å². The molecule has 0 aliphatic carbocycles. The van der Waals surface area contributed by atoms with E-state index in [1.165, 1.54) is 0 Å². The summed E-state index contributed by atoms with van der Waals surface area (Å²) < 4.78 is 3.62. The molecule has 8 heteroatoms. The summed E-state index contributed by atoms with van der Waals surface area (Å²) in [5.41, 5.74) is 0. The molecule has 0 radical (unpaired) electrons. The molecular weight excluding hydrogens is 272 g/mol. The van der Waals surface area contributed by atoms with Gasteiger partial charge in [0.15, 0.2) is 0 Å². The molecule has 1 unspecified atom stereocenters. The van der Waals surface area contributed by atoms with Crippen LogP contribution in [0.3, 0.4) is 0 Å². The summed E-state index contributed by atoms with van der Waals surface area (Å²) in [7, 11) is 1.73. The number of imidazole rings is 1. The maximum atomic E-state index is 11.0. The van der Waals surface area contributed by atoms with Gasteiger partial charge >= 0.3 is 5.97 Å². The van der Waals surface area contributed by atoms with Gasteiger partial charge in [0.1, 0.15) is 0 Å². The van der Waals surface area contributed by atoms with Gasteiger partial charge in [-0.2, -0.15) is 4.98 Å². The van der Waals surface area contributed by atoms with E-state index in [2.05, 4.69) is 24.5 Å². The standard InChI is InChI=1S/C13H18N6O2/c1-17-13(15-11(16-17)12(20)21)19-5-2-3-10(8-19)7-18-6-4-14-9-18/h4,6,9-10H,2-3,5,7-8H2,1H3,(H,20,21). The van der Waals surface area contributed by atoms with E-state index in [1.54, 1.807) is 17.9 Å². The molecule has 0 spiro atoms. The Bertz CT molecular complexity index is 621. The molecular formula is C13H18N6O2. The third-order valence-electron chi connectivity index (χ3n) is 3.76. The minimum absolute atomic E-state index is 0.149. The number of piperidine rings is 1. The van der Waals surface area contributed by atoms with E-state index in [0.717, 1.165) is 32.5 Å². The quantitative estimate of drug-likeness (QED) is 0.888. The van der Waals surface area contributed by atoms with Gasteiger partial charge in [-0.1, -0.05) is 0 Å². The number of aromatic carboxylic acids is 1. The molecule has 1 fully saturated rings. The minimum atomic E-state index is -1.09. The molecule has 0 saturated carbocycles. The van der Waals surface area contributed by atoms with Crippen LogP contribution in [-0.2, 0) is 13.6 Å². The zero-order valence-corrected chi connectivity index (χ0v) is 11.9. The molecule has 1 N–H and O–H groups in total. The zero-order chi connectivity index (χ0) is 14.8. The van der Waals surface area contributed by atoms with Crippen molar-refractivity contribution in [2.75, 3.05) is 18.0 Å². The van der Waals surface area contributed by atoms with Crippen LogP contribution in [0.4, 0.5) is 5.95 Å². The zero-order valence-electron chi connectivity index (χ0n) is 11.9. The van der Waals surface area contributed by atoms with Crippen molar-refractivity contribution in [2.24, 2.45) is 13.0 Å².